The van der Waals surface area contributed by atoms with Gasteiger partial charge in [0, 0.05) is 0 Å². The molecule has 0 spiro atoms. The lowest BCUT2D eigenvalue weighted by Gasteiger charge is -2.30. The van der Waals surface area contributed by atoms with Crippen LogP contribution in [0, 0.1) is 0 Å². The topological polar surface area (TPSA) is 92.4 Å². The van der Waals surface area contributed by atoms with E-state index in [0.717, 1.165) is 10.8 Å². The maximum absolute atomic E-state index is 11.5. The van der Waals surface area contributed by atoms with Crippen molar-refractivity contribution in [2.24, 2.45) is 5.73 Å². The maximum atomic E-state index is 11.5. The summed E-state index contributed by atoms with van der Waals surface area (Å²) in [6.45, 7) is 3.13. The number of benzene rings is 2. The third kappa shape index (κ3) is 3.38. The van der Waals surface area contributed by atoms with Crippen LogP contribution in [0.25, 0.3) is 10.8 Å². The fourth-order valence-corrected chi connectivity index (χ4v) is 2.26. The third-order valence-electron chi connectivity index (χ3n) is 3.31. The summed E-state index contributed by atoms with van der Waals surface area (Å²) in [6.07, 6.45) is 0. The van der Waals surface area contributed by atoms with Gasteiger partial charge in [-0.3, -0.25) is 9.59 Å². The number of amides is 2. The standard InChI is InChI=1S/C16H18N2O3/c1-16(2,21)13(18-15(20)14(17)19)12-8-7-10-5-3-4-6-11(10)9-12/h3-9,13,21H,1-2H3,(H2,17,19)(H,18,20)/t13-/m1/s1. The Hall–Kier alpha value is -2.40. The molecule has 110 valence electrons. The molecule has 2 amide bonds. The minimum absolute atomic E-state index is 0.704. The lowest BCUT2D eigenvalue weighted by Crippen LogP contribution is -2.46. The van der Waals surface area contributed by atoms with E-state index in [1.165, 1.54) is 0 Å². The first-order valence-corrected chi connectivity index (χ1v) is 6.60. The smallest absolute Gasteiger partial charge is 0.309 e. The van der Waals surface area contributed by atoms with Crippen molar-refractivity contribution in [3.05, 3.63) is 48.0 Å². The minimum Gasteiger partial charge on any atom is -0.388 e. The summed E-state index contributed by atoms with van der Waals surface area (Å²) in [4.78, 5) is 22.5. The van der Waals surface area contributed by atoms with E-state index in [2.05, 4.69) is 5.32 Å². The van der Waals surface area contributed by atoms with Gasteiger partial charge < -0.3 is 16.2 Å². The van der Waals surface area contributed by atoms with Crippen molar-refractivity contribution in [2.45, 2.75) is 25.5 Å². The Labute approximate surface area is 122 Å². The monoisotopic (exact) mass is 286 g/mol. The van der Waals surface area contributed by atoms with Crippen LogP contribution in [-0.4, -0.2) is 22.5 Å². The van der Waals surface area contributed by atoms with E-state index in [9.17, 15) is 14.7 Å². The predicted molar refractivity (Wildman–Crippen MR) is 80.3 cm³/mol. The van der Waals surface area contributed by atoms with Gasteiger partial charge in [-0.25, -0.2) is 0 Å². The molecule has 0 aliphatic carbocycles. The van der Waals surface area contributed by atoms with Gasteiger partial charge in [-0.2, -0.15) is 0 Å². The maximum Gasteiger partial charge on any atom is 0.309 e. The van der Waals surface area contributed by atoms with E-state index < -0.39 is 23.5 Å². The Morgan fingerprint density at radius 3 is 2.33 bits per heavy atom. The fraction of sp³-hybridized carbons (Fsp3) is 0.250. The summed E-state index contributed by atoms with van der Waals surface area (Å²) in [5, 5.41) is 14.8. The number of aliphatic hydroxyl groups is 1. The molecule has 4 N–H and O–H groups in total. The van der Waals surface area contributed by atoms with Crippen LogP contribution in [0.4, 0.5) is 0 Å². The first-order chi connectivity index (χ1) is 9.79. The fourth-order valence-electron chi connectivity index (χ4n) is 2.26. The molecule has 0 unspecified atom stereocenters. The van der Waals surface area contributed by atoms with E-state index in [0.29, 0.717) is 5.56 Å². The highest BCUT2D eigenvalue weighted by molar-refractivity contribution is 6.34. The normalized spacial score (nSPS) is 12.9. The number of carbonyl (C=O) groups is 2. The molecule has 2 rings (SSSR count). The zero-order valence-electron chi connectivity index (χ0n) is 12.0. The highest BCUT2D eigenvalue weighted by Gasteiger charge is 2.31. The Balaban J connectivity index is 2.43. The number of primary amides is 1. The van der Waals surface area contributed by atoms with Crippen LogP contribution in [-0.2, 0) is 9.59 Å². The van der Waals surface area contributed by atoms with Crippen LogP contribution in [0.3, 0.4) is 0 Å². The Kier molecular flexibility index (Phi) is 3.95. The molecular formula is C16H18N2O3. The Bertz CT molecular complexity index is 689. The molecule has 2 aromatic carbocycles. The number of fused-ring (bicyclic) bond motifs is 1. The van der Waals surface area contributed by atoms with Crippen molar-refractivity contribution in [1.82, 2.24) is 5.32 Å². The van der Waals surface area contributed by atoms with Gasteiger partial charge in [0.25, 0.3) is 0 Å². The summed E-state index contributed by atoms with van der Waals surface area (Å²) >= 11 is 0. The number of rotatable bonds is 3. The number of carbonyl (C=O) groups excluding carboxylic acids is 2. The minimum atomic E-state index is -1.24. The molecule has 0 aliphatic rings. The summed E-state index contributed by atoms with van der Waals surface area (Å²) in [5.74, 6) is -2.00. The van der Waals surface area contributed by atoms with Crippen molar-refractivity contribution in [2.75, 3.05) is 0 Å². The lowest BCUT2D eigenvalue weighted by molar-refractivity contribution is -0.138. The van der Waals surface area contributed by atoms with Gasteiger partial charge in [-0.15, -0.1) is 0 Å². The quantitative estimate of drug-likeness (QED) is 0.741. The highest BCUT2D eigenvalue weighted by Crippen LogP contribution is 2.28. The summed E-state index contributed by atoms with van der Waals surface area (Å²) in [5.41, 5.74) is 4.43. The number of nitrogens with two attached hydrogens (primary N) is 1. The molecule has 5 heteroatoms. The van der Waals surface area contributed by atoms with Gasteiger partial charge in [0.05, 0.1) is 11.6 Å². The largest absolute Gasteiger partial charge is 0.388 e. The van der Waals surface area contributed by atoms with E-state index in [1.807, 2.05) is 42.5 Å². The summed E-state index contributed by atoms with van der Waals surface area (Å²) < 4.78 is 0. The molecule has 0 heterocycles. The van der Waals surface area contributed by atoms with Crippen LogP contribution < -0.4 is 11.1 Å². The zero-order chi connectivity index (χ0) is 15.6. The molecule has 0 saturated heterocycles. The Morgan fingerprint density at radius 1 is 1.14 bits per heavy atom. The molecule has 21 heavy (non-hydrogen) atoms. The molecule has 1 atom stereocenters. The van der Waals surface area contributed by atoms with Crippen LogP contribution in [0.2, 0.25) is 0 Å². The number of nitrogens with one attached hydrogen (secondary N) is 1. The predicted octanol–water partition coefficient (Wildman–Crippen LogP) is 1.25. The molecule has 0 aromatic heterocycles. The lowest BCUT2D eigenvalue weighted by atomic mass is 9.90. The Morgan fingerprint density at radius 2 is 1.76 bits per heavy atom. The molecule has 0 aliphatic heterocycles. The average molecular weight is 286 g/mol. The van der Waals surface area contributed by atoms with Gasteiger partial charge in [-0.05, 0) is 36.2 Å². The second kappa shape index (κ2) is 5.54. The van der Waals surface area contributed by atoms with Crippen LogP contribution in [0.5, 0.6) is 0 Å². The van der Waals surface area contributed by atoms with Gasteiger partial charge in [0.1, 0.15) is 0 Å². The zero-order valence-corrected chi connectivity index (χ0v) is 12.0. The second-order valence-electron chi connectivity index (χ2n) is 5.53. The summed E-state index contributed by atoms with van der Waals surface area (Å²) in [6, 6.07) is 12.6. The van der Waals surface area contributed by atoms with Gasteiger partial charge in [-0.1, -0.05) is 36.4 Å². The van der Waals surface area contributed by atoms with Crippen molar-refractivity contribution < 1.29 is 14.7 Å². The molecule has 0 saturated carbocycles. The SMILES string of the molecule is CC(C)(O)[C@H](NC(=O)C(N)=O)c1ccc2ccccc2c1. The van der Waals surface area contributed by atoms with E-state index in [1.54, 1.807) is 13.8 Å². The van der Waals surface area contributed by atoms with Crippen molar-refractivity contribution in [3.8, 4) is 0 Å². The molecule has 2 aromatic rings. The third-order valence-corrected chi connectivity index (χ3v) is 3.31. The molecule has 0 radical (unpaired) electrons. The van der Waals surface area contributed by atoms with E-state index in [-0.39, 0.29) is 0 Å². The average Bonchev–Trinajstić information content (AvgIpc) is 2.42. The van der Waals surface area contributed by atoms with Crippen LogP contribution >= 0.6 is 0 Å². The molecule has 0 bridgehead atoms. The van der Waals surface area contributed by atoms with Gasteiger partial charge in [0.2, 0.25) is 0 Å². The van der Waals surface area contributed by atoms with Gasteiger partial charge in [0.15, 0.2) is 0 Å². The molecule has 5 nitrogen and oxygen atoms in total. The first-order valence-electron chi connectivity index (χ1n) is 6.60. The molecule has 0 fully saturated rings. The van der Waals surface area contributed by atoms with E-state index >= 15 is 0 Å². The number of hydrogen-bond acceptors (Lipinski definition) is 3. The van der Waals surface area contributed by atoms with Gasteiger partial charge >= 0.3 is 11.8 Å². The van der Waals surface area contributed by atoms with E-state index in [4.69, 9.17) is 5.73 Å². The number of hydrogen-bond donors (Lipinski definition) is 3. The summed E-state index contributed by atoms with van der Waals surface area (Å²) in [7, 11) is 0. The van der Waals surface area contributed by atoms with Crippen molar-refractivity contribution in [3.63, 3.8) is 0 Å². The molecular weight excluding hydrogens is 268 g/mol. The van der Waals surface area contributed by atoms with Crippen molar-refractivity contribution in [1.29, 1.82) is 0 Å². The van der Waals surface area contributed by atoms with Crippen molar-refractivity contribution >= 4 is 22.6 Å². The second-order valence-corrected chi connectivity index (χ2v) is 5.53. The van der Waals surface area contributed by atoms with Crippen LogP contribution in [0.15, 0.2) is 42.5 Å². The highest BCUT2D eigenvalue weighted by atomic mass is 16.3. The van der Waals surface area contributed by atoms with Crippen LogP contribution in [0.1, 0.15) is 25.5 Å². The first kappa shape index (κ1) is 15.0.